The Balaban J connectivity index is 2.13. The van der Waals surface area contributed by atoms with Gasteiger partial charge in [0, 0.05) is 17.8 Å². The monoisotopic (exact) mass is 232 g/mol. The smallest absolute Gasteiger partial charge is 0.121 e. The van der Waals surface area contributed by atoms with Gasteiger partial charge in [-0.05, 0) is 19.1 Å². The summed E-state index contributed by atoms with van der Waals surface area (Å²) in [7, 11) is 1.62. The first-order valence-corrected chi connectivity index (χ1v) is 5.39. The van der Waals surface area contributed by atoms with Gasteiger partial charge in [0.2, 0.25) is 0 Å². The van der Waals surface area contributed by atoms with Gasteiger partial charge in [0.05, 0.1) is 30.7 Å². The van der Waals surface area contributed by atoms with Crippen LogP contribution in [-0.4, -0.2) is 17.3 Å². The Morgan fingerprint density at radius 1 is 1.47 bits per heavy atom. The van der Waals surface area contributed by atoms with Crippen LogP contribution < -0.4 is 15.8 Å². The summed E-state index contributed by atoms with van der Waals surface area (Å²) in [5.41, 5.74) is 8.57. The lowest BCUT2D eigenvalue weighted by atomic mass is 10.1. The minimum Gasteiger partial charge on any atom is -0.497 e. The fourth-order valence-electron chi connectivity index (χ4n) is 1.61. The van der Waals surface area contributed by atoms with Gasteiger partial charge in [-0.2, -0.15) is 5.10 Å². The zero-order valence-electron chi connectivity index (χ0n) is 9.90. The number of nitrogens with zero attached hydrogens (tertiary/aromatic N) is 1. The van der Waals surface area contributed by atoms with E-state index in [1.807, 2.05) is 18.3 Å². The molecule has 0 aliphatic rings. The Bertz CT molecular complexity index is 481. The molecule has 0 aliphatic heterocycles. The summed E-state index contributed by atoms with van der Waals surface area (Å²) in [6.45, 7) is 2.05. The van der Waals surface area contributed by atoms with Crippen molar-refractivity contribution in [1.82, 2.24) is 10.2 Å². The van der Waals surface area contributed by atoms with Crippen molar-refractivity contribution in [2.24, 2.45) is 0 Å². The molecule has 0 aliphatic carbocycles. The zero-order chi connectivity index (χ0) is 12.3. The van der Waals surface area contributed by atoms with Crippen LogP contribution in [0, 0.1) is 0 Å². The topological polar surface area (TPSA) is 76.0 Å². The number of methoxy groups -OCH3 is 1. The van der Waals surface area contributed by atoms with Crippen LogP contribution in [0.15, 0.2) is 30.6 Å². The molecule has 1 aromatic carbocycles. The first kappa shape index (κ1) is 11.3. The summed E-state index contributed by atoms with van der Waals surface area (Å²) in [6.07, 6.45) is 3.65. The van der Waals surface area contributed by atoms with Crippen LogP contribution in [0.4, 0.5) is 11.4 Å². The molecule has 0 radical (unpaired) electrons. The summed E-state index contributed by atoms with van der Waals surface area (Å²) in [6, 6.07) is 5.72. The second-order valence-electron chi connectivity index (χ2n) is 3.85. The van der Waals surface area contributed by atoms with Crippen LogP contribution in [0.3, 0.4) is 0 Å². The van der Waals surface area contributed by atoms with Crippen molar-refractivity contribution in [3.8, 4) is 5.75 Å². The fraction of sp³-hybridized carbons (Fsp3) is 0.250. The van der Waals surface area contributed by atoms with Gasteiger partial charge in [-0.25, -0.2) is 0 Å². The number of anilines is 2. The molecule has 1 aromatic heterocycles. The van der Waals surface area contributed by atoms with E-state index in [2.05, 4.69) is 22.4 Å². The molecule has 0 spiro atoms. The number of aromatic amines is 1. The molecule has 1 unspecified atom stereocenters. The summed E-state index contributed by atoms with van der Waals surface area (Å²) in [5.74, 6) is 0.754. The van der Waals surface area contributed by atoms with E-state index in [1.54, 1.807) is 19.4 Å². The second kappa shape index (κ2) is 4.78. The van der Waals surface area contributed by atoms with E-state index in [4.69, 9.17) is 10.5 Å². The Labute approximate surface area is 100.0 Å². The quantitative estimate of drug-likeness (QED) is 0.706. The Morgan fingerprint density at radius 2 is 2.29 bits per heavy atom. The highest BCUT2D eigenvalue weighted by atomic mass is 16.5. The number of H-pyrrole nitrogens is 1. The second-order valence-corrected chi connectivity index (χ2v) is 3.85. The van der Waals surface area contributed by atoms with Crippen LogP contribution in [0.25, 0.3) is 0 Å². The zero-order valence-corrected chi connectivity index (χ0v) is 9.90. The highest BCUT2D eigenvalue weighted by Crippen LogP contribution is 2.27. The van der Waals surface area contributed by atoms with Gasteiger partial charge in [-0.3, -0.25) is 5.10 Å². The van der Waals surface area contributed by atoms with Gasteiger partial charge in [-0.15, -0.1) is 0 Å². The number of hydrogen-bond donors (Lipinski definition) is 3. The van der Waals surface area contributed by atoms with E-state index in [0.717, 1.165) is 17.0 Å². The van der Waals surface area contributed by atoms with Crippen LogP contribution in [0.5, 0.6) is 5.75 Å². The van der Waals surface area contributed by atoms with E-state index in [9.17, 15) is 0 Å². The van der Waals surface area contributed by atoms with Crippen molar-refractivity contribution >= 4 is 11.4 Å². The van der Waals surface area contributed by atoms with Crippen molar-refractivity contribution in [3.05, 3.63) is 36.2 Å². The van der Waals surface area contributed by atoms with E-state index >= 15 is 0 Å². The van der Waals surface area contributed by atoms with Crippen molar-refractivity contribution in [2.45, 2.75) is 13.0 Å². The molecule has 0 saturated carbocycles. The summed E-state index contributed by atoms with van der Waals surface area (Å²) in [4.78, 5) is 0. The molecule has 2 aromatic rings. The lowest BCUT2D eigenvalue weighted by Crippen LogP contribution is -2.07. The first-order valence-electron chi connectivity index (χ1n) is 5.39. The lowest BCUT2D eigenvalue weighted by Gasteiger charge is -2.15. The number of nitrogen functional groups attached to an aromatic ring is 1. The molecule has 0 amide bonds. The van der Waals surface area contributed by atoms with Gasteiger partial charge in [0.15, 0.2) is 0 Å². The largest absolute Gasteiger partial charge is 0.497 e. The lowest BCUT2D eigenvalue weighted by molar-refractivity contribution is 0.415. The number of aromatic nitrogens is 2. The Morgan fingerprint density at radius 3 is 2.88 bits per heavy atom. The van der Waals surface area contributed by atoms with Gasteiger partial charge >= 0.3 is 0 Å². The number of ether oxygens (including phenoxy) is 1. The molecule has 90 valence electrons. The van der Waals surface area contributed by atoms with Crippen molar-refractivity contribution in [2.75, 3.05) is 18.2 Å². The van der Waals surface area contributed by atoms with Crippen LogP contribution in [0.2, 0.25) is 0 Å². The summed E-state index contributed by atoms with van der Waals surface area (Å²) < 4.78 is 5.10. The number of nitrogens with one attached hydrogen (secondary N) is 2. The molecule has 2 rings (SSSR count). The Kier molecular flexibility index (Phi) is 3.18. The molecule has 5 nitrogen and oxygen atoms in total. The third-order valence-electron chi connectivity index (χ3n) is 2.65. The maximum Gasteiger partial charge on any atom is 0.121 e. The van der Waals surface area contributed by atoms with Crippen LogP contribution in [-0.2, 0) is 0 Å². The standard InChI is InChI=1S/C12H16N4O/c1-8(9-6-14-15-7-9)16-12-4-3-10(17-2)5-11(12)13/h3-8,16H,13H2,1-2H3,(H,14,15). The van der Waals surface area contributed by atoms with E-state index in [-0.39, 0.29) is 6.04 Å². The Hall–Kier alpha value is -2.17. The molecule has 0 bridgehead atoms. The normalized spacial score (nSPS) is 12.1. The molecular formula is C12H16N4O. The molecule has 17 heavy (non-hydrogen) atoms. The van der Waals surface area contributed by atoms with E-state index < -0.39 is 0 Å². The third kappa shape index (κ3) is 2.50. The van der Waals surface area contributed by atoms with Crippen LogP contribution in [0.1, 0.15) is 18.5 Å². The van der Waals surface area contributed by atoms with E-state index in [0.29, 0.717) is 5.69 Å². The molecule has 1 atom stereocenters. The van der Waals surface area contributed by atoms with Gasteiger partial charge in [-0.1, -0.05) is 0 Å². The number of benzene rings is 1. The molecular weight excluding hydrogens is 216 g/mol. The van der Waals surface area contributed by atoms with E-state index in [1.165, 1.54) is 0 Å². The first-order chi connectivity index (χ1) is 8.20. The van der Waals surface area contributed by atoms with Gasteiger partial charge < -0.3 is 15.8 Å². The highest BCUT2D eigenvalue weighted by Gasteiger charge is 2.08. The average molecular weight is 232 g/mol. The molecule has 1 heterocycles. The number of hydrogen-bond acceptors (Lipinski definition) is 4. The fourth-order valence-corrected chi connectivity index (χ4v) is 1.61. The minimum absolute atomic E-state index is 0.143. The predicted molar refractivity (Wildman–Crippen MR) is 68.0 cm³/mol. The predicted octanol–water partition coefficient (Wildman–Crippen LogP) is 2.17. The molecule has 5 heteroatoms. The minimum atomic E-state index is 0.143. The SMILES string of the molecule is COc1ccc(NC(C)c2cn[nH]c2)c(N)c1. The summed E-state index contributed by atoms with van der Waals surface area (Å²) >= 11 is 0. The highest BCUT2D eigenvalue weighted by molar-refractivity contribution is 5.68. The number of rotatable bonds is 4. The number of nitrogens with two attached hydrogens (primary N) is 1. The van der Waals surface area contributed by atoms with Crippen molar-refractivity contribution < 1.29 is 4.74 Å². The average Bonchev–Trinajstić information content (AvgIpc) is 2.85. The maximum absolute atomic E-state index is 5.93. The van der Waals surface area contributed by atoms with Gasteiger partial charge in [0.1, 0.15) is 5.75 Å². The van der Waals surface area contributed by atoms with Crippen molar-refractivity contribution in [3.63, 3.8) is 0 Å². The van der Waals surface area contributed by atoms with Gasteiger partial charge in [0.25, 0.3) is 0 Å². The molecule has 0 fully saturated rings. The third-order valence-corrected chi connectivity index (χ3v) is 2.65. The molecule has 0 saturated heterocycles. The van der Waals surface area contributed by atoms with Crippen molar-refractivity contribution in [1.29, 1.82) is 0 Å². The maximum atomic E-state index is 5.93. The van der Waals surface area contributed by atoms with Crippen LogP contribution >= 0.6 is 0 Å². The molecule has 4 N–H and O–H groups in total. The summed E-state index contributed by atoms with van der Waals surface area (Å²) in [5, 5.41) is 10.0.